The number of nitrogens with zero attached hydrogens (tertiary/aromatic N) is 5. The third-order valence-electron chi connectivity index (χ3n) is 12.1. The molecule has 16 heteroatoms. The fourth-order valence-corrected chi connectivity index (χ4v) is 8.43. The van der Waals surface area contributed by atoms with E-state index in [-0.39, 0.29) is 54.7 Å². The number of hydrogen-bond acceptors (Lipinski definition) is 10. The number of rotatable bonds is 21. The second-order valence-corrected chi connectivity index (χ2v) is 17.5. The summed E-state index contributed by atoms with van der Waals surface area (Å²) in [6.45, 7) is 16.3. The first-order chi connectivity index (χ1) is 27.1. The van der Waals surface area contributed by atoms with Crippen LogP contribution in [-0.2, 0) is 33.6 Å². The van der Waals surface area contributed by atoms with E-state index in [1.807, 2.05) is 27.7 Å². The van der Waals surface area contributed by atoms with E-state index in [0.29, 0.717) is 19.4 Å². The van der Waals surface area contributed by atoms with E-state index < -0.39 is 84.5 Å². The number of likely N-dealkylation sites (tertiary alicyclic amines) is 2. The fraction of sp³-hybridized carbons (Fsp3) is 0.833. The number of aliphatic hydroxyl groups excluding tert-OH is 2. The summed E-state index contributed by atoms with van der Waals surface area (Å²) in [6, 6.07) is -6.80. The van der Waals surface area contributed by atoms with Crippen molar-refractivity contribution in [3.63, 3.8) is 0 Å². The second kappa shape index (κ2) is 22.7. The number of carbonyl (C=O) groups is 7. The zero-order chi connectivity index (χ0) is 44.3. The third-order valence-corrected chi connectivity index (χ3v) is 12.1. The number of amides is 6. The van der Waals surface area contributed by atoms with Crippen LogP contribution >= 0.6 is 0 Å². The largest absolute Gasteiger partial charge is 0.394 e. The van der Waals surface area contributed by atoms with Gasteiger partial charge in [-0.2, -0.15) is 0 Å². The van der Waals surface area contributed by atoms with Crippen LogP contribution in [-0.4, -0.2) is 172 Å². The molecule has 2 aliphatic heterocycles. The number of nitrogens with one attached hydrogen (secondary N) is 2. The third kappa shape index (κ3) is 12.0. The lowest BCUT2D eigenvalue weighted by Crippen LogP contribution is -2.65. The zero-order valence-electron chi connectivity index (χ0n) is 37.5. The number of unbranched alkanes of at least 4 members (excludes halogenated alkanes) is 2. The topological polar surface area (TPSA) is 200 Å². The summed E-state index contributed by atoms with van der Waals surface area (Å²) in [5.41, 5.74) is 0. The van der Waals surface area contributed by atoms with Gasteiger partial charge in [-0.15, -0.1) is 0 Å². The summed E-state index contributed by atoms with van der Waals surface area (Å²) in [6.07, 6.45) is 3.13. The minimum Gasteiger partial charge on any atom is -0.394 e. The Morgan fingerprint density at radius 3 is 1.78 bits per heavy atom. The molecule has 0 aromatic heterocycles. The molecular formula is C42H75N7O9. The lowest BCUT2D eigenvalue weighted by atomic mass is 9.88. The van der Waals surface area contributed by atoms with Crippen LogP contribution in [0.25, 0.3) is 0 Å². The van der Waals surface area contributed by atoms with Crippen molar-refractivity contribution in [2.45, 2.75) is 156 Å². The monoisotopic (exact) mass is 822 g/mol. The maximum Gasteiger partial charge on any atom is 0.248 e. The minimum absolute atomic E-state index is 0.0283. The average molecular weight is 822 g/mol. The van der Waals surface area contributed by atoms with Crippen LogP contribution in [0.5, 0.6) is 0 Å². The van der Waals surface area contributed by atoms with Gasteiger partial charge in [0.25, 0.3) is 0 Å². The van der Waals surface area contributed by atoms with Gasteiger partial charge in [0.1, 0.15) is 36.3 Å². The Balaban J connectivity index is 2.34. The molecule has 4 N–H and O–H groups in total. The van der Waals surface area contributed by atoms with Crippen molar-refractivity contribution >= 4 is 41.2 Å². The molecule has 0 bridgehead atoms. The highest BCUT2D eigenvalue weighted by atomic mass is 16.3. The Bertz CT molecular complexity index is 1440. The molecule has 332 valence electrons. The number of ketones is 1. The molecule has 0 radical (unpaired) electrons. The standard InChI is InChI=1S/C42H75N7O9/c1-14-16-17-18-30(28(9)51)48-21-26(7)19-31(40(48)56)46(12)42(58)35(24(3)4)49-22-27(8)20-32(41(49)57)45(11)39(55)33(23-50)47(13)38(54)29(15-2)44-37(53)34(43-10)36(52)25(5)6/h24-27,29-36,43,50,52H,14-23H2,1-13H3,(H,44,53). The smallest absolute Gasteiger partial charge is 0.248 e. The van der Waals surface area contributed by atoms with E-state index in [0.717, 1.165) is 24.2 Å². The molecule has 2 aliphatic rings. The van der Waals surface area contributed by atoms with Gasteiger partial charge in [-0.25, -0.2) is 0 Å². The number of Topliss-reactive ketones (excluding diaryl/α,β-unsaturated/α-hetero) is 1. The van der Waals surface area contributed by atoms with E-state index in [1.165, 1.54) is 42.8 Å². The van der Waals surface area contributed by atoms with Gasteiger partial charge in [-0.05, 0) is 63.3 Å². The van der Waals surface area contributed by atoms with Gasteiger partial charge in [0.2, 0.25) is 35.4 Å². The maximum atomic E-state index is 14.5. The molecule has 0 aliphatic carbocycles. The van der Waals surface area contributed by atoms with Gasteiger partial charge in [0.15, 0.2) is 5.78 Å². The molecule has 10 unspecified atom stereocenters. The van der Waals surface area contributed by atoms with E-state index >= 15 is 0 Å². The highest BCUT2D eigenvalue weighted by Crippen LogP contribution is 2.30. The highest BCUT2D eigenvalue weighted by Gasteiger charge is 2.48. The summed E-state index contributed by atoms with van der Waals surface area (Å²) in [7, 11) is 5.90. The van der Waals surface area contributed by atoms with Crippen LogP contribution in [0.2, 0.25) is 0 Å². The summed E-state index contributed by atoms with van der Waals surface area (Å²) < 4.78 is 0. The van der Waals surface area contributed by atoms with Crippen molar-refractivity contribution in [1.29, 1.82) is 0 Å². The second-order valence-electron chi connectivity index (χ2n) is 17.5. The van der Waals surface area contributed by atoms with Gasteiger partial charge < -0.3 is 45.3 Å². The fourth-order valence-electron chi connectivity index (χ4n) is 8.43. The van der Waals surface area contributed by atoms with Gasteiger partial charge in [-0.3, -0.25) is 33.6 Å². The van der Waals surface area contributed by atoms with Crippen molar-refractivity contribution in [1.82, 2.24) is 35.1 Å². The minimum atomic E-state index is -1.39. The molecule has 2 fully saturated rings. The maximum absolute atomic E-state index is 14.5. The van der Waals surface area contributed by atoms with Gasteiger partial charge >= 0.3 is 0 Å². The Kier molecular flexibility index (Phi) is 19.7. The van der Waals surface area contributed by atoms with Gasteiger partial charge in [0, 0.05) is 34.2 Å². The normalized spacial score (nSPS) is 23.2. The van der Waals surface area contributed by atoms with Crippen LogP contribution in [0.3, 0.4) is 0 Å². The average Bonchev–Trinajstić information content (AvgIpc) is 3.16. The molecule has 0 aromatic rings. The Hall–Kier alpha value is -3.63. The summed E-state index contributed by atoms with van der Waals surface area (Å²) in [5.74, 6) is -3.87. The van der Waals surface area contributed by atoms with Crippen LogP contribution in [0.1, 0.15) is 107 Å². The number of carbonyl (C=O) groups excluding carboxylic acids is 7. The van der Waals surface area contributed by atoms with Crippen LogP contribution in [0, 0.1) is 23.7 Å². The number of hydrogen-bond donors (Lipinski definition) is 4. The molecule has 10 atom stereocenters. The first kappa shape index (κ1) is 50.5. The number of aliphatic hydroxyl groups is 2. The van der Waals surface area contributed by atoms with Crippen molar-refractivity contribution < 1.29 is 43.8 Å². The van der Waals surface area contributed by atoms with E-state index in [9.17, 15) is 43.8 Å². The molecule has 0 saturated carbocycles. The molecule has 0 spiro atoms. The number of piperidine rings is 2. The molecule has 0 aromatic carbocycles. The molecule has 6 amide bonds. The number of likely N-dealkylation sites (N-methyl/N-ethyl adjacent to an activating group) is 4. The molecular weight excluding hydrogens is 747 g/mol. The van der Waals surface area contributed by atoms with Gasteiger partial charge in [0.05, 0.1) is 18.8 Å². The quantitative estimate of drug-likeness (QED) is 0.122. The predicted octanol–water partition coefficient (Wildman–Crippen LogP) is 1.26. The first-order valence-corrected chi connectivity index (χ1v) is 21.3. The predicted molar refractivity (Wildman–Crippen MR) is 221 cm³/mol. The van der Waals surface area contributed by atoms with E-state index in [1.54, 1.807) is 32.7 Å². The van der Waals surface area contributed by atoms with Crippen LogP contribution < -0.4 is 10.6 Å². The van der Waals surface area contributed by atoms with Crippen molar-refractivity contribution in [3.8, 4) is 0 Å². The lowest BCUT2D eigenvalue weighted by molar-refractivity contribution is -0.162. The van der Waals surface area contributed by atoms with Crippen LogP contribution in [0.15, 0.2) is 0 Å². The first-order valence-electron chi connectivity index (χ1n) is 21.3. The molecule has 2 rings (SSSR count). The van der Waals surface area contributed by atoms with E-state index in [4.69, 9.17) is 0 Å². The Morgan fingerprint density at radius 2 is 1.33 bits per heavy atom. The van der Waals surface area contributed by atoms with E-state index in [2.05, 4.69) is 17.6 Å². The molecule has 16 nitrogen and oxygen atoms in total. The van der Waals surface area contributed by atoms with Crippen LogP contribution in [0.4, 0.5) is 0 Å². The highest BCUT2D eigenvalue weighted by molar-refractivity contribution is 5.97. The Labute approximate surface area is 346 Å². The summed E-state index contributed by atoms with van der Waals surface area (Å²) in [4.78, 5) is 104. The van der Waals surface area contributed by atoms with Crippen molar-refractivity contribution in [3.05, 3.63) is 0 Å². The molecule has 2 heterocycles. The van der Waals surface area contributed by atoms with Crippen molar-refractivity contribution in [2.24, 2.45) is 23.7 Å². The molecule has 58 heavy (non-hydrogen) atoms. The summed E-state index contributed by atoms with van der Waals surface area (Å²) in [5, 5.41) is 26.4. The molecule has 2 saturated heterocycles. The summed E-state index contributed by atoms with van der Waals surface area (Å²) >= 11 is 0. The lowest BCUT2D eigenvalue weighted by Gasteiger charge is -2.47. The Morgan fingerprint density at radius 1 is 0.810 bits per heavy atom. The van der Waals surface area contributed by atoms with Gasteiger partial charge in [-0.1, -0.05) is 74.7 Å². The zero-order valence-corrected chi connectivity index (χ0v) is 37.5. The SMILES string of the molecule is CCCCCC(C(C)=O)N1CC(C)CC(N(C)C(=O)C(C(C)C)N2CC(C)CC(N(C)C(=O)C(CO)N(C)C(=O)C(CC)NC(=O)C(NC)C(O)C(C)C)C2=O)C1=O. The van der Waals surface area contributed by atoms with Crippen molar-refractivity contribution in [2.75, 3.05) is 47.9 Å².